The summed E-state index contributed by atoms with van der Waals surface area (Å²) >= 11 is 13.1. The number of nitrogens with zero attached hydrogens (tertiary/aromatic N) is 3. The van der Waals surface area contributed by atoms with Gasteiger partial charge < -0.3 is 5.11 Å². The highest BCUT2D eigenvalue weighted by molar-refractivity contribution is 6.39. The van der Waals surface area contributed by atoms with Crippen molar-refractivity contribution in [2.45, 2.75) is 46.2 Å². The molecule has 150 valence electrons. The molecule has 1 heterocycles. The summed E-state index contributed by atoms with van der Waals surface area (Å²) in [5.41, 5.74) is 2.95. The van der Waals surface area contributed by atoms with Crippen LogP contribution in [0.3, 0.4) is 0 Å². The number of rotatable bonds is 7. The maximum atomic E-state index is 13.1. The zero-order valence-electron chi connectivity index (χ0n) is 16.6. The third kappa shape index (κ3) is 4.27. The van der Waals surface area contributed by atoms with Gasteiger partial charge in [-0.3, -0.25) is 9.69 Å². The van der Waals surface area contributed by atoms with Crippen LogP contribution in [0.1, 0.15) is 53.9 Å². The minimum atomic E-state index is -0.353. The number of aromatic nitrogens is 2. The highest BCUT2D eigenvalue weighted by atomic mass is 35.5. The largest absolute Gasteiger partial charge is 0.493 e. The second-order valence-corrected chi connectivity index (χ2v) is 8.35. The number of ketones is 1. The SMILES string of the molecule is CC(C)=CCN(Cc1c(Cl)ccc(C(=O)c2c(C)nn(C)c2O)c1Cl)C1CC1. The van der Waals surface area contributed by atoms with E-state index in [1.165, 1.54) is 10.3 Å². The Morgan fingerprint density at radius 1 is 1.36 bits per heavy atom. The molecule has 1 aromatic heterocycles. The first-order valence-corrected chi connectivity index (χ1v) is 10.1. The summed E-state index contributed by atoms with van der Waals surface area (Å²) in [6.07, 6.45) is 4.51. The molecule has 0 spiro atoms. The van der Waals surface area contributed by atoms with Gasteiger partial charge in [-0.1, -0.05) is 34.9 Å². The van der Waals surface area contributed by atoms with Gasteiger partial charge in [-0.2, -0.15) is 5.10 Å². The number of aromatic hydroxyl groups is 1. The quantitative estimate of drug-likeness (QED) is 0.509. The molecule has 0 aliphatic heterocycles. The van der Waals surface area contributed by atoms with Crippen LogP contribution in [-0.4, -0.2) is 38.2 Å². The summed E-state index contributed by atoms with van der Waals surface area (Å²) in [4.78, 5) is 15.4. The first-order valence-electron chi connectivity index (χ1n) is 9.32. The van der Waals surface area contributed by atoms with Gasteiger partial charge in [-0.15, -0.1) is 0 Å². The molecule has 0 bridgehead atoms. The van der Waals surface area contributed by atoms with Crippen LogP contribution in [-0.2, 0) is 13.6 Å². The lowest BCUT2D eigenvalue weighted by atomic mass is 10.0. The van der Waals surface area contributed by atoms with E-state index in [2.05, 4.69) is 29.9 Å². The summed E-state index contributed by atoms with van der Waals surface area (Å²) in [5.74, 6) is -0.522. The van der Waals surface area contributed by atoms with Crippen molar-refractivity contribution in [2.75, 3.05) is 6.54 Å². The molecule has 2 aromatic rings. The van der Waals surface area contributed by atoms with Crippen molar-refractivity contribution in [3.8, 4) is 5.88 Å². The van der Waals surface area contributed by atoms with E-state index < -0.39 is 0 Å². The van der Waals surface area contributed by atoms with Crippen molar-refractivity contribution in [3.63, 3.8) is 0 Å². The van der Waals surface area contributed by atoms with Crippen LogP contribution in [0.5, 0.6) is 5.88 Å². The van der Waals surface area contributed by atoms with E-state index in [9.17, 15) is 9.90 Å². The van der Waals surface area contributed by atoms with Crippen molar-refractivity contribution in [1.29, 1.82) is 0 Å². The molecule has 1 aliphatic rings. The van der Waals surface area contributed by atoms with Crippen LogP contribution in [0.4, 0.5) is 0 Å². The number of hydrogen-bond donors (Lipinski definition) is 1. The summed E-state index contributed by atoms with van der Waals surface area (Å²) < 4.78 is 1.28. The molecule has 5 nitrogen and oxygen atoms in total. The Labute approximate surface area is 175 Å². The number of aryl methyl sites for hydroxylation is 2. The highest BCUT2D eigenvalue weighted by Crippen LogP contribution is 2.35. The molecular formula is C21H25Cl2N3O2. The zero-order chi connectivity index (χ0) is 20.6. The normalized spacial score (nSPS) is 13.8. The minimum absolute atomic E-state index is 0.168. The van der Waals surface area contributed by atoms with Gasteiger partial charge in [0.1, 0.15) is 5.56 Å². The molecule has 7 heteroatoms. The van der Waals surface area contributed by atoms with Gasteiger partial charge in [0.05, 0.1) is 10.7 Å². The van der Waals surface area contributed by atoms with E-state index in [0.717, 1.165) is 24.9 Å². The van der Waals surface area contributed by atoms with E-state index in [1.807, 2.05) is 0 Å². The van der Waals surface area contributed by atoms with Gasteiger partial charge in [0, 0.05) is 42.3 Å². The van der Waals surface area contributed by atoms with Gasteiger partial charge >= 0.3 is 0 Å². The lowest BCUT2D eigenvalue weighted by Crippen LogP contribution is -2.26. The summed E-state index contributed by atoms with van der Waals surface area (Å²) in [6, 6.07) is 3.83. The second-order valence-electron chi connectivity index (χ2n) is 7.57. The fraction of sp³-hybridized carbons (Fsp3) is 0.429. The van der Waals surface area contributed by atoms with Gasteiger partial charge in [0.2, 0.25) is 11.7 Å². The van der Waals surface area contributed by atoms with E-state index in [0.29, 0.717) is 33.9 Å². The molecule has 0 saturated heterocycles. The smallest absolute Gasteiger partial charge is 0.220 e. The second kappa shape index (κ2) is 8.27. The molecular weight excluding hydrogens is 397 g/mol. The van der Waals surface area contributed by atoms with Crippen LogP contribution in [0.2, 0.25) is 10.0 Å². The van der Waals surface area contributed by atoms with Crippen molar-refractivity contribution in [1.82, 2.24) is 14.7 Å². The van der Waals surface area contributed by atoms with Crippen LogP contribution >= 0.6 is 23.2 Å². The van der Waals surface area contributed by atoms with Gasteiger partial charge in [0.15, 0.2) is 0 Å². The zero-order valence-corrected chi connectivity index (χ0v) is 18.1. The van der Waals surface area contributed by atoms with Crippen LogP contribution in [0, 0.1) is 6.92 Å². The minimum Gasteiger partial charge on any atom is -0.493 e. The summed E-state index contributed by atoms with van der Waals surface area (Å²) in [7, 11) is 1.59. The molecule has 0 radical (unpaired) electrons. The van der Waals surface area contributed by atoms with E-state index in [1.54, 1.807) is 26.1 Å². The molecule has 1 aromatic carbocycles. The molecule has 0 amide bonds. The molecule has 1 fully saturated rings. The Hall–Kier alpha value is -1.82. The summed E-state index contributed by atoms with van der Waals surface area (Å²) in [6.45, 7) is 7.23. The topological polar surface area (TPSA) is 58.4 Å². The van der Waals surface area contributed by atoms with Gasteiger partial charge in [-0.25, -0.2) is 4.68 Å². The fourth-order valence-corrected chi connectivity index (χ4v) is 3.83. The van der Waals surface area contributed by atoms with Crippen molar-refractivity contribution >= 4 is 29.0 Å². The van der Waals surface area contributed by atoms with Crippen LogP contribution in [0.15, 0.2) is 23.8 Å². The number of carbonyl (C=O) groups excluding carboxylic acids is 1. The standard InChI is InChI=1S/C21H25Cl2N3O2/c1-12(2)9-10-26(14-5-6-14)11-16-17(22)8-7-15(19(16)23)20(27)18-13(3)24-25(4)21(18)28/h7-9,14,28H,5-6,10-11H2,1-4H3. The maximum absolute atomic E-state index is 13.1. The fourth-order valence-electron chi connectivity index (χ4n) is 3.25. The van der Waals surface area contributed by atoms with E-state index in [-0.39, 0.29) is 17.2 Å². The van der Waals surface area contributed by atoms with E-state index in [4.69, 9.17) is 23.2 Å². The van der Waals surface area contributed by atoms with E-state index >= 15 is 0 Å². The van der Waals surface area contributed by atoms with Crippen molar-refractivity contribution < 1.29 is 9.90 Å². The lowest BCUT2D eigenvalue weighted by molar-refractivity contribution is 0.103. The van der Waals surface area contributed by atoms with Gasteiger partial charge in [-0.05, 0) is 45.7 Å². The Kier molecular flexibility index (Phi) is 6.18. The van der Waals surface area contributed by atoms with Crippen LogP contribution < -0.4 is 0 Å². The number of carbonyl (C=O) groups is 1. The predicted molar refractivity (Wildman–Crippen MR) is 112 cm³/mol. The number of hydrogen-bond acceptors (Lipinski definition) is 4. The van der Waals surface area contributed by atoms with Crippen molar-refractivity contribution in [2.24, 2.45) is 7.05 Å². The first-order chi connectivity index (χ1) is 13.2. The molecule has 1 aliphatic carbocycles. The average Bonchev–Trinajstić information content (AvgIpc) is 3.42. The number of halogens is 2. The Balaban J connectivity index is 1.95. The van der Waals surface area contributed by atoms with Gasteiger partial charge in [0.25, 0.3) is 0 Å². The first kappa shape index (κ1) is 20.9. The molecule has 3 rings (SSSR count). The third-order valence-electron chi connectivity index (χ3n) is 5.01. The van der Waals surface area contributed by atoms with Crippen molar-refractivity contribution in [3.05, 3.63) is 56.2 Å². The third-order valence-corrected chi connectivity index (χ3v) is 5.79. The monoisotopic (exact) mass is 421 g/mol. The lowest BCUT2D eigenvalue weighted by Gasteiger charge is -2.22. The molecule has 28 heavy (non-hydrogen) atoms. The van der Waals surface area contributed by atoms with Crippen LogP contribution in [0.25, 0.3) is 0 Å². The Morgan fingerprint density at radius 3 is 2.57 bits per heavy atom. The Bertz CT molecular complexity index is 942. The molecule has 1 saturated carbocycles. The summed E-state index contributed by atoms with van der Waals surface area (Å²) in [5, 5.41) is 15.2. The Morgan fingerprint density at radius 2 is 2.04 bits per heavy atom. The highest BCUT2D eigenvalue weighted by Gasteiger charge is 2.30. The predicted octanol–water partition coefficient (Wildman–Crippen LogP) is 4.90. The number of allylic oxidation sites excluding steroid dienone is 1. The number of benzene rings is 1. The maximum Gasteiger partial charge on any atom is 0.220 e. The average molecular weight is 422 g/mol. The molecule has 0 unspecified atom stereocenters. The molecule has 0 atom stereocenters. The molecule has 1 N–H and O–H groups in total.